The minimum absolute atomic E-state index is 0.158. The van der Waals surface area contributed by atoms with Crippen LogP contribution in [0, 0.1) is 13.8 Å². The van der Waals surface area contributed by atoms with Crippen molar-refractivity contribution in [2.75, 3.05) is 20.2 Å². The van der Waals surface area contributed by atoms with Gasteiger partial charge in [0, 0.05) is 44.0 Å². The molecule has 7 nitrogen and oxygen atoms in total. The summed E-state index contributed by atoms with van der Waals surface area (Å²) in [6.45, 7) is 9.56. The molecular formula is C15H28N4O3S. The topological polar surface area (TPSA) is 76.5 Å². The van der Waals surface area contributed by atoms with Gasteiger partial charge in [-0.2, -0.15) is 22.5 Å². The SMILES string of the molecule is CCn1nc(C)c(C(C)NS(=O)(=O)N2CCC(OC)CC2)c1C. The lowest BCUT2D eigenvalue weighted by Crippen LogP contribution is -2.46. The van der Waals surface area contributed by atoms with Gasteiger partial charge in [-0.1, -0.05) is 0 Å². The van der Waals surface area contributed by atoms with Gasteiger partial charge in [0.1, 0.15) is 0 Å². The fourth-order valence-electron chi connectivity index (χ4n) is 3.31. The van der Waals surface area contributed by atoms with Crippen molar-refractivity contribution >= 4 is 10.2 Å². The van der Waals surface area contributed by atoms with Gasteiger partial charge in [-0.15, -0.1) is 0 Å². The molecule has 1 aliphatic heterocycles. The van der Waals surface area contributed by atoms with Crippen LogP contribution >= 0.6 is 0 Å². The summed E-state index contributed by atoms with van der Waals surface area (Å²) < 4.78 is 36.7. The molecule has 1 N–H and O–H groups in total. The lowest BCUT2D eigenvalue weighted by atomic mass is 10.1. The first-order chi connectivity index (χ1) is 10.8. The summed E-state index contributed by atoms with van der Waals surface area (Å²) in [4.78, 5) is 0. The van der Waals surface area contributed by atoms with Crippen LogP contribution in [0.3, 0.4) is 0 Å². The van der Waals surface area contributed by atoms with Gasteiger partial charge in [-0.25, -0.2) is 0 Å². The molecule has 23 heavy (non-hydrogen) atoms. The number of rotatable bonds is 6. The third kappa shape index (κ3) is 3.93. The molecule has 2 rings (SSSR count). The molecule has 0 bridgehead atoms. The first kappa shape index (κ1) is 18.4. The van der Waals surface area contributed by atoms with Crippen LogP contribution in [0.2, 0.25) is 0 Å². The summed E-state index contributed by atoms with van der Waals surface area (Å²) in [5.74, 6) is 0. The summed E-state index contributed by atoms with van der Waals surface area (Å²) in [6.07, 6.45) is 1.63. The number of methoxy groups -OCH3 is 1. The van der Waals surface area contributed by atoms with Crippen molar-refractivity contribution < 1.29 is 13.2 Å². The predicted octanol–water partition coefficient (Wildman–Crippen LogP) is 1.53. The molecular weight excluding hydrogens is 316 g/mol. The van der Waals surface area contributed by atoms with E-state index in [2.05, 4.69) is 9.82 Å². The number of nitrogens with zero attached hydrogens (tertiary/aromatic N) is 3. The highest BCUT2D eigenvalue weighted by atomic mass is 32.2. The third-order valence-electron chi connectivity index (χ3n) is 4.57. The fourth-order valence-corrected chi connectivity index (χ4v) is 4.72. The smallest absolute Gasteiger partial charge is 0.280 e. The Hall–Kier alpha value is -0.960. The molecule has 1 aromatic heterocycles. The van der Waals surface area contributed by atoms with Crippen molar-refractivity contribution in [3.8, 4) is 0 Å². The largest absolute Gasteiger partial charge is 0.381 e. The lowest BCUT2D eigenvalue weighted by Gasteiger charge is -2.31. The van der Waals surface area contributed by atoms with E-state index in [-0.39, 0.29) is 12.1 Å². The van der Waals surface area contributed by atoms with Crippen LogP contribution < -0.4 is 4.72 Å². The van der Waals surface area contributed by atoms with Crippen LogP contribution in [0.1, 0.15) is 49.7 Å². The van der Waals surface area contributed by atoms with Gasteiger partial charge in [0.15, 0.2) is 0 Å². The number of hydrogen-bond acceptors (Lipinski definition) is 4. The monoisotopic (exact) mass is 344 g/mol. The molecule has 8 heteroatoms. The molecule has 1 fully saturated rings. The number of aryl methyl sites for hydroxylation is 2. The van der Waals surface area contributed by atoms with E-state index in [9.17, 15) is 8.42 Å². The Bertz CT molecular complexity index is 633. The van der Waals surface area contributed by atoms with E-state index in [1.165, 1.54) is 4.31 Å². The number of aromatic nitrogens is 2. The Morgan fingerprint density at radius 1 is 1.35 bits per heavy atom. The van der Waals surface area contributed by atoms with Crippen molar-refractivity contribution in [2.24, 2.45) is 0 Å². The van der Waals surface area contributed by atoms with Crippen LogP contribution in [0.5, 0.6) is 0 Å². The molecule has 0 amide bonds. The third-order valence-corrected chi connectivity index (χ3v) is 6.27. The highest BCUT2D eigenvalue weighted by molar-refractivity contribution is 7.87. The van der Waals surface area contributed by atoms with E-state index < -0.39 is 10.2 Å². The molecule has 1 unspecified atom stereocenters. The summed E-state index contributed by atoms with van der Waals surface area (Å²) in [5, 5.41) is 4.46. The van der Waals surface area contributed by atoms with E-state index >= 15 is 0 Å². The summed E-state index contributed by atoms with van der Waals surface area (Å²) in [6, 6.07) is -0.305. The quantitative estimate of drug-likeness (QED) is 0.849. The Morgan fingerprint density at radius 2 is 1.96 bits per heavy atom. The maximum absolute atomic E-state index is 12.6. The van der Waals surface area contributed by atoms with Crippen LogP contribution in [0.25, 0.3) is 0 Å². The number of hydrogen-bond donors (Lipinski definition) is 1. The highest BCUT2D eigenvalue weighted by Crippen LogP contribution is 2.23. The van der Waals surface area contributed by atoms with Crippen LogP contribution in [-0.2, 0) is 21.5 Å². The Balaban J connectivity index is 2.10. The van der Waals surface area contributed by atoms with E-state index in [4.69, 9.17) is 4.74 Å². The zero-order chi connectivity index (χ0) is 17.2. The summed E-state index contributed by atoms with van der Waals surface area (Å²) >= 11 is 0. The average molecular weight is 344 g/mol. The van der Waals surface area contributed by atoms with Gasteiger partial charge in [-0.3, -0.25) is 4.68 Å². The molecule has 1 aliphatic rings. The highest BCUT2D eigenvalue weighted by Gasteiger charge is 2.30. The van der Waals surface area contributed by atoms with Gasteiger partial charge in [-0.05, 0) is 40.5 Å². The zero-order valence-electron chi connectivity index (χ0n) is 14.7. The zero-order valence-corrected chi connectivity index (χ0v) is 15.5. The Kier molecular flexibility index (Phi) is 5.83. The first-order valence-corrected chi connectivity index (χ1v) is 9.58. The standard InChI is InChI=1S/C15H28N4O3S/c1-6-19-13(4)15(11(2)16-19)12(3)17-23(20,21)18-9-7-14(22-5)8-10-18/h12,14,17H,6-10H2,1-5H3. The molecule has 1 saturated heterocycles. The number of ether oxygens (including phenoxy) is 1. The second-order valence-corrected chi connectivity index (χ2v) is 7.78. The van der Waals surface area contributed by atoms with Crippen molar-refractivity contribution in [1.29, 1.82) is 0 Å². The van der Waals surface area contributed by atoms with Crippen molar-refractivity contribution in [1.82, 2.24) is 18.8 Å². The van der Waals surface area contributed by atoms with Crippen LogP contribution in [-0.4, -0.2) is 48.8 Å². The van der Waals surface area contributed by atoms with E-state index in [0.29, 0.717) is 13.1 Å². The molecule has 0 radical (unpaired) electrons. The Labute approximate surface area is 139 Å². The first-order valence-electron chi connectivity index (χ1n) is 8.14. The molecule has 0 saturated carbocycles. The van der Waals surface area contributed by atoms with Gasteiger partial charge < -0.3 is 4.74 Å². The van der Waals surface area contributed by atoms with Crippen LogP contribution in [0.15, 0.2) is 0 Å². The number of piperidine rings is 1. The summed E-state index contributed by atoms with van der Waals surface area (Å²) in [5.41, 5.74) is 2.85. The molecule has 1 atom stereocenters. The van der Waals surface area contributed by atoms with Crippen molar-refractivity contribution in [3.63, 3.8) is 0 Å². The normalized spacial score (nSPS) is 19.2. The molecule has 2 heterocycles. The van der Waals surface area contributed by atoms with E-state index in [1.54, 1.807) is 7.11 Å². The van der Waals surface area contributed by atoms with Gasteiger partial charge >= 0.3 is 0 Å². The van der Waals surface area contributed by atoms with E-state index in [0.717, 1.165) is 36.3 Å². The maximum Gasteiger partial charge on any atom is 0.280 e. The van der Waals surface area contributed by atoms with Gasteiger partial charge in [0.2, 0.25) is 0 Å². The van der Waals surface area contributed by atoms with Crippen molar-refractivity contribution in [3.05, 3.63) is 17.0 Å². The minimum Gasteiger partial charge on any atom is -0.381 e. The molecule has 1 aromatic rings. The fraction of sp³-hybridized carbons (Fsp3) is 0.800. The molecule has 0 spiro atoms. The number of nitrogens with one attached hydrogen (secondary N) is 1. The summed E-state index contributed by atoms with van der Waals surface area (Å²) in [7, 11) is -1.83. The predicted molar refractivity (Wildman–Crippen MR) is 89.4 cm³/mol. The molecule has 0 aromatic carbocycles. The van der Waals surface area contributed by atoms with Gasteiger partial charge in [0.05, 0.1) is 11.8 Å². The van der Waals surface area contributed by atoms with Crippen LogP contribution in [0.4, 0.5) is 0 Å². The maximum atomic E-state index is 12.6. The van der Waals surface area contributed by atoms with E-state index in [1.807, 2.05) is 32.4 Å². The second kappa shape index (κ2) is 7.29. The molecule has 0 aliphatic carbocycles. The average Bonchev–Trinajstić information content (AvgIpc) is 2.81. The van der Waals surface area contributed by atoms with Crippen molar-refractivity contribution in [2.45, 2.75) is 59.2 Å². The second-order valence-electron chi connectivity index (χ2n) is 6.08. The Morgan fingerprint density at radius 3 is 2.43 bits per heavy atom. The van der Waals surface area contributed by atoms with Gasteiger partial charge in [0.25, 0.3) is 10.2 Å². The lowest BCUT2D eigenvalue weighted by molar-refractivity contribution is 0.0601. The molecule has 132 valence electrons. The minimum atomic E-state index is -3.50.